The van der Waals surface area contributed by atoms with E-state index in [1.165, 1.54) is 0 Å². The Morgan fingerprint density at radius 1 is 1.75 bits per heavy atom. The highest BCUT2D eigenvalue weighted by Crippen LogP contribution is 1.97. The maximum atomic E-state index is 10.9. The maximum absolute atomic E-state index is 10.9. The zero-order valence-corrected chi connectivity index (χ0v) is 5.83. The topological polar surface area (TPSA) is 29.1 Å². The maximum Gasteiger partial charge on any atom is 0.0444 e. The first-order valence-electron chi connectivity index (χ1n) is 2.88. The van der Waals surface area contributed by atoms with Crippen LogP contribution in [0.4, 0.5) is 0 Å². The van der Waals surface area contributed by atoms with Crippen molar-refractivity contribution < 1.29 is 4.21 Å². The molecule has 0 saturated carbocycles. The monoisotopic (exact) mass is 133 g/mol. The molecule has 0 aliphatic carbocycles. The van der Waals surface area contributed by atoms with E-state index in [9.17, 15) is 4.21 Å². The van der Waals surface area contributed by atoms with Gasteiger partial charge in [0.05, 0.1) is 0 Å². The van der Waals surface area contributed by atoms with Crippen molar-refractivity contribution in [2.24, 2.45) is 0 Å². The van der Waals surface area contributed by atoms with E-state index in [-0.39, 0.29) is 0 Å². The summed E-state index contributed by atoms with van der Waals surface area (Å²) in [6, 6.07) is 0. The van der Waals surface area contributed by atoms with E-state index in [0.717, 1.165) is 18.8 Å². The van der Waals surface area contributed by atoms with E-state index >= 15 is 0 Å². The Kier molecular flexibility index (Phi) is 2.02. The van der Waals surface area contributed by atoms with Crippen LogP contribution in [0.5, 0.6) is 0 Å². The van der Waals surface area contributed by atoms with Crippen LogP contribution in [0.3, 0.4) is 0 Å². The second-order valence-corrected chi connectivity index (χ2v) is 4.07. The van der Waals surface area contributed by atoms with Crippen molar-refractivity contribution in [1.29, 1.82) is 0 Å². The molecule has 1 aliphatic rings. The molecule has 2 atom stereocenters. The highest BCUT2D eigenvalue weighted by Gasteiger charge is 2.13. The minimum Gasteiger partial charge on any atom is -0.315 e. The van der Waals surface area contributed by atoms with Gasteiger partial charge in [0.2, 0.25) is 0 Å². The number of rotatable bonds is 0. The molecule has 0 aromatic rings. The third-order valence-corrected chi connectivity index (χ3v) is 3.03. The van der Waals surface area contributed by atoms with Crippen molar-refractivity contribution in [2.45, 2.75) is 12.2 Å². The van der Waals surface area contributed by atoms with Crippen molar-refractivity contribution in [1.82, 2.24) is 5.32 Å². The Labute approximate surface area is 52.1 Å². The fourth-order valence-electron chi connectivity index (χ4n) is 0.772. The molecule has 8 heavy (non-hydrogen) atoms. The Morgan fingerprint density at radius 2 is 2.50 bits per heavy atom. The predicted octanol–water partition coefficient (Wildman–Crippen LogP) is -0.273. The molecule has 0 amide bonds. The number of hydrogen-bond donors (Lipinski definition) is 1. The smallest absolute Gasteiger partial charge is 0.0444 e. The first kappa shape index (κ1) is 6.23. The van der Waals surface area contributed by atoms with Crippen LogP contribution in [0.1, 0.15) is 6.92 Å². The van der Waals surface area contributed by atoms with Gasteiger partial charge in [0.1, 0.15) is 0 Å². The van der Waals surface area contributed by atoms with Crippen LogP contribution in [-0.4, -0.2) is 28.3 Å². The lowest BCUT2D eigenvalue weighted by Gasteiger charge is -2.17. The summed E-state index contributed by atoms with van der Waals surface area (Å²) in [6.07, 6.45) is 0. The summed E-state index contributed by atoms with van der Waals surface area (Å²) in [5.41, 5.74) is 0. The van der Waals surface area contributed by atoms with E-state index in [1.54, 1.807) is 0 Å². The van der Waals surface area contributed by atoms with Gasteiger partial charge in [-0.2, -0.15) is 0 Å². The van der Waals surface area contributed by atoms with Gasteiger partial charge in [0.25, 0.3) is 0 Å². The minimum atomic E-state index is -0.547. The molecule has 0 unspecified atom stereocenters. The molecule has 3 heteroatoms. The molecular formula is C5H11NOS. The normalized spacial score (nSPS) is 39.6. The second-order valence-electron chi connectivity index (χ2n) is 2.10. The largest absolute Gasteiger partial charge is 0.315 e. The fourth-order valence-corrected chi connectivity index (χ4v) is 1.82. The summed E-state index contributed by atoms with van der Waals surface area (Å²) in [5.74, 6) is 0.834. The molecule has 0 aromatic heterocycles. The van der Waals surface area contributed by atoms with Gasteiger partial charge < -0.3 is 5.32 Å². The Balaban J connectivity index is 2.39. The van der Waals surface area contributed by atoms with Crippen LogP contribution in [0.2, 0.25) is 0 Å². The Morgan fingerprint density at radius 3 is 2.88 bits per heavy atom. The van der Waals surface area contributed by atoms with Crippen LogP contribution in [0.25, 0.3) is 0 Å². The molecule has 48 valence electrons. The number of nitrogens with one attached hydrogen (secondary N) is 1. The molecule has 0 radical (unpaired) electrons. The summed E-state index contributed by atoms with van der Waals surface area (Å²) in [4.78, 5) is 0. The van der Waals surface area contributed by atoms with Crippen LogP contribution in [0.15, 0.2) is 0 Å². The zero-order chi connectivity index (χ0) is 5.98. The number of hydrogen-bond acceptors (Lipinski definition) is 2. The Hall–Kier alpha value is 0.110. The van der Waals surface area contributed by atoms with Gasteiger partial charge in [-0.3, -0.25) is 4.21 Å². The third kappa shape index (κ3) is 1.29. The molecular weight excluding hydrogens is 122 g/mol. The highest BCUT2D eigenvalue weighted by molar-refractivity contribution is 7.85. The molecule has 1 rings (SSSR count). The quantitative estimate of drug-likeness (QED) is 0.493. The van der Waals surface area contributed by atoms with Crippen molar-refractivity contribution >= 4 is 10.8 Å². The van der Waals surface area contributed by atoms with Gasteiger partial charge in [-0.05, 0) is 6.92 Å². The van der Waals surface area contributed by atoms with Gasteiger partial charge in [0.15, 0.2) is 0 Å². The lowest BCUT2D eigenvalue weighted by atomic mass is 10.4. The van der Waals surface area contributed by atoms with Crippen molar-refractivity contribution in [2.75, 3.05) is 18.8 Å². The lowest BCUT2D eigenvalue weighted by Crippen LogP contribution is -2.38. The van der Waals surface area contributed by atoms with Crippen molar-refractivity contribution in [3.63, 3.8) is 0 Å². The van der Waals surface area contributed by atoms with Gasteiger partial charge in [-0.25, -0.2) is 0 Å². The van der Waals surface area contributed by atoms with Crippen LogP contribution < -0.4 is 5.32 Å². The van der Waals surface area contributed by atoms with Crippen molar-refractivity contribution in [3.8, 4) is 0 Å². The van der Waals surface area contributed by atoms with Gasteiger partial charge in [0, 0.05) is 34.9 Å². The average Bonchev–Trinajstić information content (AvgIpc) is 1.77. The summed E-state index contributed by atoms with van der Waals surface area (Å²) in [6.45, 7) is 3.87. The SMILES string of the molecule is C[C@H]1CNCC[S@]1=O. The van der Waals surface area contributed by atoms with E-state index < -0.39 is 10.8 Å². The van der Waals surface area contributed by atoms with Crippen LogP contribution in [0, 0.1) is 0 Å². The summed E-state index contributed by atoms with van der Waals surface area (Å²) in [7, 11) is -0.547. The molecule has 0 bridgehead atoms. The average molecular weight is 133 g/mol. The standard InChI is InChI=1S/C5H11NOS/c1-5-4-6-2-3-8(5)7/h5-6H,2-4H2,1H3/t5-,8+/m0/s1. The first-order valence-corrected chi connectivity index (χ1v) is 4.27. The highest BCUT2D eigenvalue weighted by atomic mass is 32.2. The molecule has 1 saturated heterocycles. The van der Waals surface area contributed by atoms with Gasteiger partial charge >= 0.3 is 0 Å². The molecule has 1 N–H and O–H groups in total. The summed E-state index contributed by atoms with van der Waals surface area (Å²) >= 11 is 0. The van der Waals surface area contributed by atoms with E-state index in [1.807, 2.05) is 6.92 Å². The Bertz CT molecular complexity index is 105. The fraction of sp³-hybridized carbons (Fsp3) is 1.00. The van der Waals surface area contributed by atoms with Crippen LogP contribution in [-0.2, 0) is 10.8 Å². The molecule has 2 nitrogen and oxygen atoms in total. The second kappa shape index (κ2) is 2.60. The lowest BCUT2D eigenvalue weighted by molar-refractivity contribution is 0.628. The van der Waals surface area contributed by atoms with Crippen molar-refractivity contribution in [3.05, 3.63) is 0 Å². The molecule has 1 heterocycles. The van der Waals surface area contributed by atoms with E-state index in [0.29, 0.717) is 5.25 Å². The third-order valence-electron chi connectivity index (χ3n) is 1.36. The first-order chi connectivity index (χ1) is 3.80. The summed E-state index contributed by atoms with van der Waals surface area (Å²) < 4.78 is 10.9. The van der Waals surface area contributed by atoms with E-state index in [4.69, 9.17) is 0 Å². The van der Waals surface area contributed by atoms with Gasteiger partial charge in [-0.15, -0.1) is 0 Å². The predicted molar refractivity (Wildman–Crippen MR) is 35.3 cm³/mol. The minimum absolute atomic E-state index is 0.365. The van der Waals surface area contributed by atoms with Crippen LogP contribution >= 0.6 is 0 Å². The summed E-state index contributed by atoms with van der Waals surface area (Å²) in [5, 5.41) is 3.54. The molecule has 1 aliphatic heterocycles. The zero-order valence-electron chi connectivity index (χ0n) is 5.02. The molecule has 0 aromatic carbocycles. The van der Waals surface area contributed by atoms with Gasteiger partial charge in [-0.1, -0.05) is 0 Å². The molecule has 1 fully saturated rings. The molecule has 0 spiro atoms. The van der Waals surface area contributed by atoms with E-state index in [2.05, 4.69) is 5.32 Å².